The van der Waals surface area contributed by atoms with Crippen LogP contribution in [-0.2, 0) is 0 Å². The highest BCUT2D eigenvalue weighted by Gasteiger charge is 2.25. The van der Waals surface area contributed by atoms with Gasteiger partial charge in [0.1, 0.15) is 0 Å². The Labute approximate surface area is 145 Å². The maximum atomic E-state index is 12.6. The predicted octanol–water partition coefficient (Wildman–Crippen LogP) is 3.28. The minimum absolute atomic E-state index is 0.0163. The first-order chi connectivity index (χ1) is 11.9. The normalized spacial score (nSPS) is 17.4. The lowest BCUT2D eigenvalue weighted by Crippen LogP contribution is -2.43. The number of hydrogen-bond donors (Lipinski definition) is 1. The third-order valence-electron chi connectivity index (χ3n) is 4.45. The number of aryl methyl sites for hydroxylation is 2. The van der Waals surface area contributed by atoms with Gasteiger partial charge in [-0.2, -0.15) is 5.10 Å². The van der Waals surface area contributed by atoms with Gasteiger partial charge >= 0.3 is 6.03 Å². The fourth-order valence-electron chi connectivity index (χ4n) is 3.08. The molecule has 25 heavy (non-hydrogen) atoms. The summed E-state index contributed by atoms with van der Waals surface area (Å²) in [6.45, 7) is 5.02. The SMILES string of the molecule is Cc1cnn([C@@H]2CCCN(C(=O)Nc3ccc([N+](=O)[O-])cc3C)C2)c1. The third kappa shape index (κ3) is 3.78. The second kappa shape index (κ2) is 6.92. The van der Waals surface area contributed by atoms with Crippen LogP contribution in [0, 0.1) is 24.0 Å². The molecule has 1 aromatic carbocycles. The Morgan fingerprint density at radius 1 is 1.40 bits per heavy atom. The lowest BCUT2D eigenvalue weighted by molar-refractivity contribution is -0.384. The van der Waals surface area contributed by atoms with E-state index in [1.54, 1.807) is 17.9 Å². The van der Waals surface area contributed by atoms with Crippen LogP contribution in [0.2, 0.25) is 0 Å². The molecule has 0 spiro atoms. The van der Waals surface area contributed by atoms with Gasteiger partial charge in [-0.05, 0) is 43.9 Å². The summed E-state index contributed by atoms with van der Waals surface area (Å²) in [6.07, 6.45) is 5.71. The molecule has 2 heterocycles. The van der Waals surface area contributed by atoms with Gasteiger partial charge < -0.3 is 10.2 Å². The zero-order chi connectivity index (χ0) is 18.0. The Kier molecular flexibility index (Phi) is 4.69. The molecule has 132 valence electrons. The molecule has 1 N–H and O–H groups in total. The Morgan fingerprint density at radius 3 is 2.84 bits per heavy atom. The van der Waals surface area contributed by atoms with Gasteiger partial charge in [0, 0.05) is 37.1 Å². The highest BCUT2D eigenvalue weighted by Crippen LogP contribution is 2.24. The second-order valence-corrected chi connectivity index (χ2v) is 6.43. The van der Waals surface area contributed by atoms with Crippen molar-refractivity contribution in [2.75, 3.05) is 18.4 Å². The number of aromatic nitrogens is 2. The van der Waals surface area contributed by atoms with Gasteiger partial charge in [-0.25, -0.2) is 4.79 Å². The maximum absolute atomic E-state index is 12.6. The van der Waals surface area contributed by atoms with E-state index in [0.29, 0.717) is 24.3 Å². The number of rotatable bonds is 3. The minimum atomic E-state index is -0.445. The fourth-order valence-corrected chi connectivity index (χ4v) is 3.08. The average Bonchev–Trinajstić information content (AvgIpc) is 3.03. The quantitative estimate of drug-likeness (QED) is 0.683. The van der Waals surface area contributed by atoms with E-state index in [-0.39, 0.29) is 17.8 Å². The van der Waals surface area contributed by atoms with E-state index in [1.165, 1.54) is 12.1 Å². The van der Waals surface area contributed by atoms with Gasteiger partial charge in [0.25, 0.3) is 5.69 Å². The number of nitro groups is 1. The molecule has 0 bridgehead atoms. The van der Waals surface area contributed by atoms with Crippen molar-refractivity contribution in [3.8, 4) is 0 Å². The van der Waals surface area contributed by atoms with Crippen LogP contribution in [0.3, 0.4) is 0 Å². The molecule has 1 aliphatic heterocycles. The molecule has 8 heteroatoms. The zero-order valence-electron chi connectivity index (χ0n) is 14.3. The molecule has 0 radical (unpaired) electrons. The van der Waals surface area contributed by atoms with Crippen LogP contribution in [0.5, 0.6) is 0 Å². The van der Waals surface area contributed by atoms with Crippen LogP contribution in [0.25, 0.3) is 0 Å². The summed E-state index contributed by atoms with van der Waals surface area (Å²) < 4.78 is 1.92. The lowest BCUT2D eigenvalue weighted by atomic mass is 10.1. The average molecular weight is 343 g/mol. The molecule has 0 saturated carbocycles. The standard InChI is InChI=1S/C17H21N5O3/c1-12-9-18-21(10-12)15-4-3-7-20(11-15)17(23)19-16-6-5-14(22(24)25)8-13(16)2/h5-6,8-10,15H,3-4,7,11H2,1-2H3,(H,19,23)/t15-/m1/s1. The maximum Gasteiger partial charge on any atom is 0.321 e. The molecule has 1 aliphatic rings. The second-order valence-electron chi connectivity index (χ2n) is 6.43. The number of benzene rings is 1. The number of amides is 2. The van der Waals surface area contributed by atoms with Crippen molar-refractivity contribution in [1.29, 1.82) is 0 Å². The van der Waals surface area contributed by atoms with Gasteiger partial charge in [-0.3, -0.25) is 14.8 Å². The number of non-ortho nitro benzene ring substituents is 1. The smallest absolute Gasteiger partial charge is 0.321 e. The summed E-state index contributed by atoms with van der Waals surface area (Å²) in [7, 11) is 0. The van der Waals surface area contributed by atoms with Gasteiger partial charge in [-0.15, -0.1) is 0 Å². The Hall–Kier alpha value is -2.90. The molecule has 1 aromatic heterocycles. The molecule has 0 aliphatic carbocycles. The van der Waals surface area contributed by atoms with Crippen LogP contribution in [0.4, 0.5) is 16.2 Å². The number of nitrogens with zero attached hydrogens (tertiary/aromatic N) is 4. The van der Waals surface area contributed by atoms with Gasteiger partial charge in [0.2, 0.25) is 0 Å². The number of nitrogens with one attached hydrogen (secondary N) is 1. The summed E-state index contributed by atoms with van der Waals surface area (Å²) in [5, 5.41) is 18.0. The molecule has 1 fully saturated rings. The number of hydrogen-bond acceptors (Lipinski definition) is 4. The van der Waals surface area contributed by atoms with E-state index < -0.39 is 4.92 Å². The summed E-state index contributed by atoms with van der Waals surface area (Å²) in [5.74, 6) is 0. The molecule has 3 rings (SSSR count). The summed E-state index contributed by atoms with van der Waals surface area (Å²) >= 11 is 0. The van der Waals surface area contributed by atoms with Gasteiger partial charge in [0.05, 0.1) is 17.2 Å². The van der Waals surface area contributed by atoms with Gasteiger partial charge in [0.15, 0.2) is 0 Å². The van der Waals surface area contributed by atoms with Crippen LogP contribution in [0.15, 0.2) is 30.6 Å². The fraction of sp³-hybridized carbons (Fsp3) is 0.412. The van der Waals surface area contributed by atoms with E-state index in [2.05, 4.69) is 10.4 Å². The number of carbonyl (C=O) groups is 1. The molecule has 1 atom stereocenters. The van der Waals surface area contributed by atoms with Crippen molar-refractivity contribution in [1.82, 2.24) is 14.7 Å². The van der Waals surface area contributed by atoms with Crippen LogP contribution < -0.4 is 5.32 Å². The Morgan fingerprint density at radius 2 is 2.20 bits per heavy atom. The van der Waals surface area contributed by atoms with Crippen LogP contribution in [0.1, 0.15) is 30.0 Å². The molecule has 1 saturated heterocycles. The highest BCUT2D eigenvalue weighted by atomic mass is 16.6. The van der Waals surface area contributed by atoms with Crippen molar-refractivity contribution in [3.05, 3.63) is 51.8 Å². The summed E-state index contributed by atoms with van der Waals surface area (Å²) in [5.41, 5.74) is 2.37. The summed E-state index contributed by atoms with van der Waals surface area (Å²) in [4.78, 5) is 24.7. The number of anilines is 1. The van der Waals surface area contributed by atoms with E-state index in [0.717, 1.165) is 18.4 Å². The van der Waals surface area contributed by atoms with Crippen molar-refractivity contribution in [2.45, 2.75) is 32.7 Å². The zero-order valence-corrected chi connectivity index (χ0v) is 14.3. The lowest BCUT2D eigenvalue weighted by Gasteiger charge is -2.33. The number of carbonyl (C=O) groups excluding carboxylic acids is 1. The number of urea groups is 1. The molecule has 8 nitrogen and oxygen atoms in total. The van der Waals surface area contributed by atoms with Gasteiger partial charge in [-0.1, -0.05) is 0 Å². The molecule has 2 aromatic rings. The molecule has 0 unspecified atom stereocenters. The highest BCUT2D eigenvalue weighted by molar-refractivity contribution is 5.90. The first-order valence-electron chi connectivity index (χ1n) is 8.26. The van der Waals surface area contributed by atoms with Crippen LogP contribution in [-0.4, -0.2) is 38.7 Å². The van der Waals surface area contributed by atoms with Crippen molar-refractivity contribution < 1.29 is 9.72 Å². The van der Waals surface area contributed by atoms with Crippen molar-refractivity contribution >= 4 is 17.4 Å². The molecule has 2 amide bonds. The van der Waals surface area contributed by atoms with E-state index in [1.807, 2.05) is 24.0 Å². The van der Waals surface area contributed by atoms with Crippen molar-refractivity contribution in [3.63, 3.8) is 0 Å². The summed E-state index contributed by atoms with van der Waals surface area (Å²) in [6, 6.07) is 4.41. The first kappa shape index (κ1) is 16.9. The van der Waals surface area contributed by atoms with Crippen molar-refractivity contribution in [2.24, 2.45) is 0 Å². The number of piperidine rings is 1. The molecular formula is C17H21N5O3. The Bertz CT molecular complexity index is 801. The van der Waals surface area contributed by atoms with E-state index in [4.69, 9.17) is 0 Å². The van der Waals surface area contributed by atoms with Crippen LogP contribution >= 0.6 is 0 Å². The molecular weight excluding hydrogens is 322 g/mol. The van der Waals surface area contributed by atoms with E-state index in [9.17, 15) is 14.9 Å². The minimum Gasteiger partial charge on any atom is -0.322 e. The first-order valence-corrected chi connectivity index (χ1v) is 8.26. The Balaban J connectivity index is 1.67. The topological polar surface area (TPSA) is 93.3 Å². The number of nitro benzene ring substituents is 1. The largest absolute Gasteiger partial charge is 0.322 e. The number of likely N-dealkylation sites (tertiary alicyclic amines) is 1. The predicted molar refractivity (Wildman–Crippen MR) is 93.7 cm³/mol. The third-order valence-corrected chi connectivity index (χ3v) is 4.45. The van der Waals surface area contributed by atoms with E-state index >= 15 is 0 Å². The monoisotopic (exact) mass is 343 g/mol.